The molecule has 3 rings (SSSR count). The standard InChI is InChI=1S/C21H21NO5/c1-25-16-9-6-15(7-10-16)8-11-21(24)27-14-20(23)22-18-12-13-26-19-5-3-2-4-17(18)19/h2-11,18H,12-14H2,1H3,(H,22,23)/b11-8+. The number of nitrogens with one attached hydrogen (secondary N) is 1. The van der Waals surface area contributed by atoms with Crippen LogP contribution >= 0.6 is 0 Å². The molecule has 2 aromatic rings. The maximum atomic E-state index is 12.1. The second-order valence-corrected chi connectivity index (χ2v) is 6.01. The molecular formula is C21H21NO5. The summed E-state index contributed by atoms with van der Waals surface area (Å²) in [7, 11) is 1.59. The first-order chi connectivity index (χ1) is 13.2. The van der Waals surface area contributed by atoms with Gasteiger partial charge in [-0.15, -0.1) is 0 Å². The monoisotopic (exact) mass is 367 g/mol. The van der Waals surface area contributed by atoms with Gasteiger partial charge in [0.1, 0.15) is 11.5 Å². The number of amides is 1. The second kappa shape index (κ2) is 8.89. The predicted octanol–water partition coefficient (Wildman–Crippen LogP) is 2.89. The molecule has 2 aromatic carbocycles. The van der Waals surface area contributed by atoms with E-state index < -0.39 is 5.97 Å². The molecule has 27 heavy (non-hydrogen) atoms. The van der Waals surface area contributed by atoms with Gasteiger partial charge in [-0.2, -0.15) is 0 Å². The highest BCUT2D eigenvalue weighted by Gasteiger charge is 2.22. The van der Waals surface area contributed by atoms with Crippen molar-refractivity contribution >= 4 is 18.0 Å². The predicted molar refractivity (Wildman–Crippen MR) is 100 cm³/mol. The largest absolute Gasteiger partial charge is 0.497 e. The lowest BCUT2D eigenvalue weighted by molar-refractivity contribution is -0.144. The summed E-state index contributed by atoms with van der Waals surface area (Å²) in [5.74, 6) is 0.589. The molecule has 140 valence electrons. The molecule has 1 N–H and O–H groups in total. The summed E-state index contributed by atoms with van der Waals surface area (Å²) in [6, 6.07) is 14.7. The number of para-hydroxylation sites is 1. The molecule has 1 atom stereocenters. The first kappa shape index (κ1) is 18.5. The zero-order valence-corrected chi connectivity index (χ0v) is 15.0. The van der Waals surface area contributed by atoms with Crippen molar-refractivity contribution in [1.29, 1.82) is 0 Å². The third-order valence-corrected chi connectivity index (χ3v) is 4.17. The Bertz CT molecular complexity index is 829. The Morgan fingerprint density at radius 3 is 2.74 bits per heavy atom. The van der Waals surface area contributed by atoms with E-state index in [0.717, 1.165) is 22.6 Å². The molecule has 1 unspecified atom stereocenters. The molecule has 1 aliphatic rings. The molecule has 0 aliphatic carbocycles. The van der Waals surface area contributed by atoms with Gasteiger partial charge in [0.2, 0.25) is 0 Å². The van der Waals surface area contributed by atoms with Crippen LogP contribution in [0, 0.1) is 0 Å². The molecule has 0 radical (unpaired) electrons. The van der Waals surface area contributed by atoms with Crippen molar-refractivity contribution in [2.45, 2.75) is 12.5 Å². The Kier molecular flexibility index (Phi) is 6.10. The first-order valence-corrected chi connectivity index (χ1v) is 8.65. The highest BCUT2D eigenvalue weighted by molar-refractivity contribution is 5.89. The van der Waals surface area contributed by atoms with Crippen LogP contribution in [0.3, 0.4) is 0 Å². The smallest absolute Gasteiger partial charge is 0.331 e. The number of carbonyl (C=O) groups is 2. The van der Waals surface area contributed by atoms with Gasteiger partial charge in [-0.25, -0.2) is 4.79 Å². The van der Waals surface area contributed by atoms with Crippen molar-refractivity contribution in [3.63, 3.8) is 0 Å². The molecular weight excluding hydrogens is 346 g/mol. The SMILES string of the molecule is COc1ccc(/C=C/C(=O)OCC(=O)NC2CCOc3ccccc32)cc1. The summed E-state index contributed by atoms with van der Waals surface area (Å²) < 4.78 is 15.7. The van der Waals surface area contributed by atoms with Gasteiger partial charge >= 0.3 is 5.97 Å². The molecule has 0 spiro atoms. The van der Waals surface area contributed by atoms with Crippen molar-refractivity contribution in [2.24, 2.45) is 0 Å². The van der Waals surface area contributed by atoms with Gasteiger partial charge in [-0.3, -0.25) is 4.79 Å². The Morgan fingerprint density at radius 1 is 1.19 bits per heavy atom. The average molecular weight is 367 g/mol. The highest BCUT2D eigenvalue weighted by Crippen LogP contribution is 2.31. The van der Waals surface area contributed by atoms with Gasteiger partial charge in [-0.1, -0.05) is 30.3 Å². The van der Waals surface area contributed by atoms with Gasteiger partial charge in [0.05, 0.1) is 19.8 Å². The summed E-state index contributed by atoms with van der Waals surface area (Å²) in [5.41, 5.74) is 1.76. The number of methoxy groups -OCH3 is 1. The first-order valence-electron chi connectivity index (χ1n) is 8.65. The number of esters is 1. The summed E-state index contributed by atoms with van der Waals surface area (Å²) in [6.07, 6.45) is 3.58. The number of rotatable bonds is 6. The van der Waals surface area contributed by atoms with Crippen molar-refractivity contribution in [3.05, 3.63) is 65.7 Å². The van der Waals surface area contributed by atoms with E-state index in [1.165, 1.54) is 6.08 Å². The van der Waals surface area contributed by atoms with Crippen molar-refractivity contribution in [1.82, 2.24) is 5.32 Å². The van der Waals surface area contributed by atoms with Gasteiger partial charge < -0.3 is 19.5 Å². The molecule has 0 saturated carbocycles. The third-order valence-electron chi connectivity index (χ3n) is 4.17. The molecule has 0 saturated heterocycles. The molecule has 0 aromatic heterocycles. The zero-order valence-electron chi connectivity index (χ0n) is 15.0. The molecule has 0 bridgehead atoms. The maximum absolute atomic E-state index is 12.1. The quantitative estimate of drug-likeness (QED) is 0.628. The molecule has 6 nitrogen and oxygen atoms in total. The number of hydrogen-bond donors (Lipinski definition) is 1. The summed E-state index contributed by atoms with van der Waals surface area (Å²) >= 11 is 0. The van der Waals surface area contributed by atoms with Crippen LogP contribution in [0.4, 0.5) is 0 Å². The van der Waals surface area contributed by atoms with Gasteiger partial charge in [0, 0.05) is 18.1 Å². The van der Waals surface area contributed by atoms with Crippen LogP contribution in [0.2, 0.25) is 0 Å². The van der Waals surface area contributed by atoms with E-state index in [-0.39, 0.29) is 18.6 Å². The maximum Gasteiger partial charge on any atom is 0.331 e. The van der Waals surface area contributed by atoms with E-state index in [9.17, 15) is 9.59 Å². The number of benzene rings is 2. The number of fused-ring (bicyclic) bond motifs is 1. The van der Waals surface area contributed by atoms with E-state index in [1.54, 1.807) is 25.3 Å². The van der Waals surface area contributed by atoms with Crippen LogP contribution in [0.5, 0.6) is 11.5 Å². The van der Waals surface area contributed by atoms with Gasteiger partial charge in [0.15, 0.2) is 6.61 Å². The molecule has 0 fully saturated rings. The third kappa shape index (κ3) is 5.10. The van der Waals surface area contributed by atoms with Gasteiger partial charge in [0.25, 0.3) is 5.91 Å². The zero-order chi connectivity index (χ0) is 19.1. The second-order valence-electron chi connectivity index (χ2n) is 6.01. The average Bonchev–Trinajstić information content (AvgIpc) is 2.71. The fraction of sp³-hybridized carbons (Fsp3) is 0.238. The van der Waals surface area contributed by atoms with E-state index in [1.807, 2.05) is 36.4 Å². The van der Waals surface area contributed by atoms with Crippen LogP contribution < -0.4 is 14.8 Å². The fourth-order valence-corrected chi connectivity index (χ4v) is 2.79. The molecule has 1 amide bonds. The van der Waals surface area contributed by atoms with E-state index in [0.29, 0.717) is 13.0 Å². The van der Waals surface area contributed by atoms with Crippen LogP contribution in [-0.2, 0) is 14.3 Å². The summed E-state index contributed by atoms with van der Waals surface area (Å²) in [6.45, 7) is 0.206. The topological polar surface area (TPSA) is 73.9 Å². The fourth-order valence-electron chi connectivity index (χ4n) is 2.79. The number of ether oxygens (including phenoxy) is 3. The minimum atomic E-state index is -0.576. The van der Waals surface area contributed by atoms with Gasteiger partial charge in [-0.05, 0) is 29.8 Å². The minimum Gasteiger partial charge on any atom is -0.497 e. The lowest BCUT2D eigenvalue weighted by Gasteiger charge is -2.26. The van der Waals surface area contributed by atoms with Crippen LogP contribution in [0.25, 0.3) is 6.08 Å². The van der Waals surface area contributed by atoms with E-state index in [2.05, 4.69) is 5.32 Å². The highest BCUT2D eigenvalue weighted by atomic mass is 16.5. The number of carbonyl (C=O) groups excluding carboxylic acids is 2. The summed E-state index contributed by atoms with van der Waals surface area (Å²) in [4.78, 5) is 23.9. The van der Waals surface area contributed by atoms with Crippen molar-refractivity contribution < 1.29 is 23.8 Å². The molecule has 6 heteroatoms. The number of hydrogen-bond acceptors (Lipinski definition) is 5. The lowest BCUT2D eigenvalue weighted by Crippen LogP contribution is -2.34. The lowest BCUT2D eigenvalue weighted by atomic mass is 10.0. The Labute approximate surface area is 157 Å². The normalized spacial score (nSPS) is 15.5. The van der Waals surface area contributed by atoms with Crippen LogP contribution in [0.1, 0.15) is 23.6 Å². The Morgan fingerprint density at radius 2 is 1.96 bits per heavy atom. The Balaban J connectivity index is 1.47. The molecule has 1 aliphatic heterocycles. The Hall–Kier alpha value is -3.28. The van der Waals surface area contributed by atoms with E-state index in [4.69, 9.17) is 14.2 Å². The van der Waals surface area contributed by atoms with E-state index >= 15 is 0 Å². The molecule has 1 heterocycles. The van der Waals surface area contributed by atoms with Crippen LogP contribution in [0.15, 0.2) is 54.6 Å². The van der Waals surface area contributed by atoms with Crippen LogP contribution in [-0.4, -0.2) is 32.2 Å². The van der Waals surface area contributed by atoms with Crippen molar-refractivity contribution in [3.8, 4) is 11.5 Å². The van der Waals surface area contributed by atoms with Crippen molar-refractivity contribution in [2.75, 3.05) is 20.3 Å². The minimum absolute atomic E-state index is 0.143. The summed E-state index contributed by atoms with van der Waals surface area (Å²) in [5, 5.41) is 2.88.